The summed E-state index contributed by atoms with van der Waals surface area (Å²) in [5, 5.41) is 22.1. The van der Waals surface area contributed by atoms with Crippen molar-refractivity contribution >= 4 is 5.91 Å². The van der Waals surface area contributed by atoms with Gasteiger partial charge in [-0.2, -0.15) is 0 Å². The summed E-state index contributed by atoms with van der Waals surface area (Å²) in [5.41, 5.74) is 2.16. The minimum atomic E-state index is -0.184. The monoisotopic (exact) mass is 368 g/mol. The van der Waals surface area contributed by atoms with E-state index in [-0.39, 0.29) is 29.4 Å². The van der Waals surface area contributed by atoms with E-state index in [9.17, 15) is 15.0 Å². The summed E-state index contributed by atoms with van der Waals surface area (Å²) >= 11 is 0. The third-order valence-electron chi connectivity index (χ3n) is 5.21. The van der Waals surface area contributed by atoms with Crippen LogP contribution in [0.25, 0.3) is 0 Å². The molecule has 1 aliphatic rings. The van der Waals surface area contributed by atoms with Gasteiger partial charge in [0.15, 0.2) is 11.5 Å². The molecule has 1 atom stereocenters. The van der Waals surface area contributed by atoms with Crippen LogP contribution in [0.5, 0.6) is 11.5 Å². The number of rotatable bonds is 6. The number of piperidine rings is 1. The largest absolute Gasteiger partial charge is 0.504 e. The van der Waals surface area contributed by atoms with Gasteiger partial charge in [0.1, 0.15) is 0 Å². The summed E-state index contributed by atoms with van der Waals surface area (Å²) in [5.74, 6) is -0.427. The lowest BCUT2D eigenvalue weighted by atomic mass is 9.98. The second-order valence-electron chi connectivity index (χ2n) is 7.47. The standard InChI is InChI=1S/C22H28N2O3/c1-16(13-18-7-8-20(25)21(26)14-18)22(27)23-19-9-11-24(12-10-19)15-17-5-3-2-4-6-17/h2-8,14,16,19,25-26H,9-13,15H2,1H3,(H,23,27). The van der Waals surface area contributed by atoms with E-state index < -0.39 is 0 Å². The quantitative estimate of drug-likeness (QED) is 0.685. The zero-order valence-electron chi connectivity index (χ0n) is 15.8. The van der Waals surface area contributed by atoms with Crippen LogP contribution in [0.4, 0.5) is 0 Å². The normalized spacial score (nSPS) is 16.8. The molecule has 1 amide bonds. The van der Waals surface area contributed by atoms with Gasteiger partial charge < -0.3 is 15.5 Å². The van der Waals surface area contributed by atoms with Crippen LogP contribution < -0.4 is 5.32 Å². The van der Waals surface area contributed by atoms with Crippen molar-refractivity contribution in [3.8, 4) is 11.5 Å². The average molecular weight is 368 g/mol. The summed E-state index contributed by atoms with van der Waals surface area (Å²) in [6, 6.07) is 15.4. The van der Waals surface area contributed by atoms with Gasteiger partial charge in [-0.3, -0.25) is 9.69 Å². The van der Waals surface area contributed by atoms with Crippen molar-refractivity contribution < 1.29 is 15.0 Å². The molecule has 0 spiro atoms. The van der Waals surface area contributed by atoms with Crippen molar-refractivity contribution in [2.45, 2.75) is 38.8 Å². The topological polar surface area (TPSA) is 72.8 Å². The Hall–Kier alpha value is -2.53. The molecule has 1 saturated heterocycles. The van der Waals surface area contributed by atoms with Crippen molar-refractivity contribution in [1.82, 2.24) is 10.2 Å². The molecule has 27 heavy (non-hydrogen) atoms. The fraction of sp³-hybridized carbons (Fsp3) is 0.409. The van der Waals surface area contributed by atoms with E-state index in [4.69, 9.17) is 0 Å². The van der Waals surface area contributed by atoms with Gasteiger partial charge >= 0.3 is 0 Å². The predicted molar refractivity (Wildman–Crippen MR) is 106 cm³/mol. The Balaban J connectivity index is 1.43. The highest BCUT2D eigenvalue weighted by atomic mass is 16.3. The van der Waals surface area contributed by atoms with Gasteiger partial charge in [-0.15, -0.1) is 0 Å². The van der Waals surface area contributed by atoms with E-state index >= 15 is 0 Å². The second-order valence-corrected chi connectivity index (χ2v) is 7.47. The number of phenolic OH excluding ortho intramolecular Hbond substituents is 2. The first-order valence-corrected chi connectivity index (χ1v) is 9.59. The molecule has 2 aromatic rings. The van der Waals surface area contributed by atoms with E-state index in [1.807, 2.05) is 13.0 Å². The third-order valence-corrected chi connectivity index (χ3v) is 5.21. The van der Waals surface area contributed by atoms with Gasteiger partial charge in [0, 0.05) is 31.6 Å². The summed E-state index contributed by atoms with van der Waals surface area (Å²) in [6.45, 7) is 4.83. The molecule has 5 heteroatoms. The molecule has 1 unspecified atom stereocenters. The molecule has 0 aliphatic carbocycles. The number of likely N-dealkylation sites (tertiary alicyclic amines) is 1. The Morgan fingerprint density at radius 3 is 2.44 bits per heavy atom. The smallest absolute Gasteiger partial charge is 0.223 e. The molecule has 2 aromatic carbocycles. The van der Waals surface area contributed by atoms with E-state index in [2.05, 4.69) is 34.5 Å². The Kier molecular flexibility index (Phi) is 6.35. The number of hydrogen-bond acceptors (Lipinski definition) is 4. The average Bonchev–Trinajstić information content (AvgIpc) is 2.67. The lowest BCUT2D eigenvalue weighted by Crippen LogP contribution is -2.46. The number of aromatic hydroxyl groups is 2. The highest BCUT2D eigenvalue weighted by Gasteiger charge is 2.23. The summed E-state index contributed by atoms with van der Waals surface area (Å²) in [7, 11) is 0. The summed E-state index contributed by atoms with van der Waals surface area (Å²) in [4.78, 5) is 14.9. The number of carbonyl (C=O) groups is 1. The highest BCUT2D eigenvalue weighted by molar-refractivity contribution is 5.79. The lowest BCUT2D eigenvalue weighted by Gasteiger charge is -2.33. The van der Waals surface area contributed by atoms with Crippen molar-refractivity contribution in [2.75, 3.05) is 13.1 Å². The molecule has 0 aromatic heterocycles. The van der Waals surface area contributed by atoms with Gasteiger partial charge in [-0.1, -0.05) is 43.3 Å². The van der Waals surface area contributed by atoms with Crippen LogP contribution in [0.15, 0.2) is 48.5 Å². The molecule has 144 valence electrons. The van der Waals surface area contributed by atoms with E-state index in [1.54, 1.807) is 6.07 Å². The molecule has 5 nitrogen and oxygen atoms in total. The Morgan fingerprint density at radius 1 is 1.07 bits per heavy atom. The molecule has 0 bridgehead atoms. The molecule has 3 rings (SSSR count). The number of phenols is 2. The SMILES string of the molecule is CC(Cc1ccc(O)c(O)c1)C(=O)NC1CCN(Cc2ccccc2)CC1. The van der Waals surface area contributed by atoms with Gasteiger partial charge in [-0.05, 0) is 42.5 Å². The predicted octanol–water partition coefficient (Wildman–Crippen LogP) is 3.06. The van der Waals surface area contributed by atoms with Crippen molar-refractivity contribution in [2.24, 2.45) is 5.92 Å². The van der Waals surface area contributed by atoms with Crippen LogP contribution >= 0.6 is 0 Å². The highest BCUT2D eigenvalue weighted by Crippen LogP contribution is 2.26. The van der Waals surface area contributed by atoms with Crippen LogP contribution in [-0.2, 0) is 17.8 Å². The maximum absolute atomic E-state index is 12.5. The minimum absolute atomic E-state index is 0.0454. The number of benzene rings is 2. The fourth-order valence-corrected chi connectivity index (χ4v) is 3.56. The molecular formula is C22H28N2O3. The minimum Gasteiger partial charge on any atom is -0.504 e. The maximum Gasteiger partial charge on any atom is 0.223 e. The maximum atomic E-state index is 12.5. The molecule has 0 radical (unpaired) electrons. The van der Waals surface area contributed by atoms with Crippen molar-refractivity contribution in [3.63, 3.8) is 0 Å². The molecule has 1 fully saturated rings. The van der Waals surface area contributed by atoms with Crippen LogP contribution in [0.2, 0.25) is 0 Å². The van der Waals surface area contributed by atoms with Crippen molar-refractivity contribution in [3.05, 3.63) is 59.7 Å². The van der Waals surface area contributed by atoms with E-state index in [0.717, 1.165) is 38.0 Å². The van der Waals surface area contributed by atoms with Gasteiger partial charge in [0.2, 0.25) is 5.91 Å². The van der Waals surface area contributed by atoms with Gasteiger partial charge in [0.05, 0.1) is 0 Å². The number of hydrogen-bond donors (Lipinski definition) is 3. The molecule has 1 heterocycles. The first-order valence-electron chi connectivity index (χ1n) is 9.59. The molecule has 3 N–H and O–H groups in total. The lowest BCUT2D eigenvalue weighted by molar-refractivity contribution is -0.125. The Labute approximate surface area is 160 Å². The van der Waals surface area contributed by atoms with E-state index in [0.29, 0.717) is 6.42 Å². The number of amides is 1. The number of nitrogens with zero attached hydrogens (tertiary/aromatic N) is 1. The van der Waals surface area contributed by atoms with Crippen LogP contribution in [0.3, 0.4) is 0 Å². The van der Waals surface area contributed by atoms with E-state index in [1.165, 1.54) is 17.7 Å². The third kappa shape index (κ3) is 5.47. The Bertz CT molecular complexity index is 755. The fourth-order valence-electron chi connectivity index (χ4n) is 3.56. The van der Waals surface area contributed by atoms with Gasteiger partial charge in [-0.25, -0.2) is 0 Å². The zero-order chi connectivity index (χ0) is 19.2. The number of nitrogens with one attached hydrogen (secondary N) is 1. The first kappa shape index (κ1) is 19.2. The van der Waals surface area contributed by atoms with Crippen LogP contribution in [0.1, 0.15) is 30.9 Å². The Morgan fingerprint density at radius 2 is 1.78 bits per heavy atom. The van der Waals surface area contributed by atoms with Gasteiger partial charge in [0.25, 0.3) is 0 Å². The number of carbonyl (C=O) groups excluding carboxylic acids is 1. The zero-order valence-corrected chi connectivity index (χ0v) is 15.8. The molecule has 1 aliphatic heterocycles. The first-order chi connectivity index (χ1) is 13.0. The second kappa shape index (κ2) is 8.91. The summed E-state index contributed by atoms with van der Waals surface area (Å²) in [6.07, 6.45) is 2.46. The summed E-state index contributed by atoms with van der Waals surface area (Å²) < 4.78 is 0. The van der Waals surface area contributed by atoms with Crippen molar-refractivity contribution in [1.29, 1.82) is 0 Å². The van der Waals surface area contributed by atoms with Crippen LogP contribution in [0, 0.1) is 5.92 Å². The molecular weight excluding hydrogens is 340 g/mol. The molecule has 0 saturated carbocycles. The van der Waals surface area contributed by atoms with Crippen LogP contribution in [-0.4, -0.2) is 40.2 Å².